The topological polar surface area (TPSA) is 156 Å². The Morgan fingerprint density at radius 1 is 1.11 bits per heavy atom. The van der Waals surface area contributed by atoms with Gasteiger partial charge in [-0.05, 0) is 76.5 Å². The SMILES string of the molecule is CSc1ccc2c(c1)C[C@@H](NC(=O)CC(C)(C)NC[C@H](O)CO)C(=O)N(Cc1ccc(-c3ccccc3)c(-c3nnn[nH]3)c1)C2. The molecule has 0 radical (unpaired) electrons. The standard InChI is InChI=1S/C33H39N7O4S/c1-33(2,34-17-25(42)20-41)16-30(43)35-29-15-24-14-26(45-3)11-10-23(24)19-40(32(29)44)18-21-9-12-27(22-7-5-4-6-8-22)28(13-21)31-36-38-39-37-31/h4-14,25,29,34,41-42H,15-20H2,1-3H3,(H,35,43)(H,36,37,38,39)/t25-,29+/m0/s1. The normalized spacial score (nSPS) is 15.8. The molecule has 1 aliphatic rings. The first-order chi connectivity index (χ1) is 21.7. The van der Waals surface area contributed by atoms with E-state index in [1.165, 1.54) is 0 Å². The van der Waals surface area contributed by atoms with Crippen LogP contribution in [-0.4, -0.2) is 84.6 Å². The predicted octanol–water partition coefficient (Wildman–Crippen LogP) is 2.94. The van der Waals surface area contributed by atoms with Gasteiger partial charge in [0.15, 0.2) is 5.82 Å². The van der Waals surface area contributed by atoms with Crippen LogP contribution in [0.2, 0.25) is 0 Å². The number of rotatable bonds is 12. The first-order valence-corrected chi connectivity index (χ1v) is 16.1. The Labute approximate surface area is 266 Å². The molecule has 0 aliphatic carbocycles. The van der Waals surface area contributed by atoms with Gasteiger partial charge in [0.25, 0.3) is 0 Å². The summed E-state index contributed by atoms with van der Waals surface area (Å²) in [5.41, 5.74) is 5.11. The van der Waals surface area contributed by atoms with Gasteiger partial charge in [-0.3, -0.25) is 9.59 Å². The van der Waals surface area contributed by atoms with E-state index in [1.54, 1.807) is 16.7 Å². The Balaban J connectivity index is 1.42. The molecule has 5 rings (SSSR count). The maximum absolute atomic E-state index is 14.1. The molecule has 236 valence electrons. The van der Waals surface area contributed by atoms with Crippen LogP contribution in [0.25, 0.3) is 22.5 Å². The zero-order chi connectivity index (χ0) is 32.0. The molecule has 2 atom stereocenters. The number of tetrazole rings is 1. The van der Waals surface area contributed by atoms with Gasteiger partial charge in [0.1, 0.15) is 6.04 Å². The predicted molar refractivity (Wildman–Crippen MR) is 173 cm³/mol. The molecule has 2 heterocycles. The zero-order valence-electron chi connectivity index (χ0n) is 25.7. The number of aromatic nitrogens is 4. The smallest absolute Gasteiger partial charge is 0.246 e. The minimum atomic E-state index is -0.922. The molecule has 0 saturated heterocycles. The van der Waals surface area contributed by atoms with Crippen LogP contribution in [0.5, 0.6) is 0 Å². The van der Waals surface area contributed by atoms with Gasteiger partial charge in [-0.2, -0.15) is 0 Å². The highest BCUT2D eigenvalue weighted by Crippen LogP contribution is 2.32. The summed E-state index contributed by atoms with van der Waals surface area (Å²) in [4.78, 5) is 30.3. The van der Waals surface area contributed by atoms with Crippen molar-refractivity contribution in [2.45, 2.75) is 62.4 Å². The molecule has 1 aromatic heterocycles. The van der Waals surface area contributed by atoms with Crippen molar-refractivity contribution in [3.05, 3.63) is 83.4 Å². The summed E-state index contributed by atoms with van der Waals surface area (Å²) in [5.74, 6) is 0.0866. The lowest BCUT2D eigenvalue weighted by atomic mass is 9.96. The summed E-state index contributed by atoms with van der Waals surface area (Å²) in [5, 5.41) is 39.6. The van der Waals surface area contributed by atoms with Crippen LogP contribution in [0, 0.1) is 0 Å². The van der Waals surface area contributed by atoms with E-state index in [4.69, 9.17) is 5.11 Å². The summed E-state index contributed by atoms with van der Waals surface area (Å²) < 4.78 is 0. The Hall–Kier alpha value is -4.10. The third kappa shape index (κ3) is 8.14. The lowest BCUT2D eigenvalue weighted by Crippen LogP contribution is -2.51. The molecule has 1 aliphatic heterocycles. The van der Waals surface area contributed by atoms with Crippen LogP contribution in [0.3, 0.4) is 0 Å². The molecule has 0 bridgehead atoms. The number of fused-ring (bicyclic) bond motifs is 1. The average Bonchev–Trinajstić information content (AvgIpc) is 3.55. The van der Waals surface area contributed by atoms with Gasteiger partial charge < -0.3 is 25.7 Å². The van der Waals surface area contributed by atoms with Crippen LogP contribution >= 0.6 is 11.8 Å². The lowest BCUT2D eigenvalue weighted by Gasteiger charge is -2.29. The van der Waals surface area contributed by atoms with Crippen molar-refractivity contribution < 1.29 is 19.8 Å². The molecular weight excluding hydrogens is 590 g/mol. The van der Waals surface area contributed by atoms with Crippen molar-refractivity contribution in [3.63, 3.8) is 0 Å². The van der Waals surface area contributed by atoms with Crippen molar-refractivity contribution in [2.75, 3.05) is 19.4 Å². The minimum absolute atomic E-state index is 0.0855. The number of nitrogens with one attached hydrogen (secondary N) is 3. The summed E-state index contributed by atoms with van der Waals surface area (Å²) in [7, 11) is 0. The van der Waals surface area contributed by atoms with Gasteiger partial charge in [0, 0.05) is 48.5 Å². The van der Waals surface area contributed by atoms with Gasteiger partial charge in [-0.25, -0.2) is 5.10 Å². The van der Waals surface area contributed by atoms with E-state index < -0.39 is 17.7 Å². The molecular formula is C33H39N7O4S. The van der Waals surface area contributed by atoms with Crippen molar-refractivity contribution >= 4 is 23.6 Å². The maximum Gasteiger partial charge on any atom is 0.246 e. The van der Waals surface area contributed by atoms with Crippen molar-refractivity contribution in [3.8, 4) is 22.5 Å². The van der Waals surface area contributed by atoms with Crippen molar-refractivity contribution in [2.24, 2.45) is 0 Å². The maximum atomic E-state index is 14.1. The van der Waals surface area contributed by atoms with Crippen molar-refractivity contribution in [1.29, 1.82) is 0 Å². The van der Waals surface area contributed by atoms with Crippen molar-refractivity contribution in [1.82, 2.24) is 36.2 Å². The van der Waals surface area contributed by atoms with Gasteiger partial charge >= 0.3 is 0 Å². The monoisotopic (exact) mass is 629 g/mol. The Kier molecular flexibility index (Phi) is 10.3. The minimum Gasteiger partial charge on any atom is -0.394 e. The molecule has 12 heteroatoms. The molecule has 0 fully saturated rings. The Morgan fingerprint density at radius 2 is 1.91 bits per heavy atom. The van der Waals surface area contributed by atoms with E-state index in [9.17, 15) is 14.7 Å². The second-order valence-electron chi connectivity index (χ2n) is 11.9. The average molecular weight is 630 g/mol. The number of amides is 2. The Morgan fingerprint density at radius 3 is 2.62 bits per heavy atom. The number of aromatic amines is 1. The fourth-order valence-electron chi connectivity index (χ4n) is 5.55. The van der Waals surface area contributed by atoms with Gasteiger partial charge in [0.2, 0.25) is 11.8 Å². The highest BCUT2D eigenvalue weighted by atomic mass is 32.2. The van der Waals surface area contributed by atoms with Crippen LogP contribution < -0.4 is 10.6 Å². The lowest BCUT2D eigenvalue weighted by molar-refractivity contribution is -0.137. The summed E-state index contributed by atoms with van der Waals surface area (Å²) in [6.45, 7) is 4.20. The van der Waals surface area contributed by atoms with Gasteiger partial charge in [0.05, 0.1) is 12.7 Å². The molecule has 2 amide bonds. The first kappa shape index (κ1) is 32.3. The van der Waals surface area contributed by atoms with Crippen LogP contribution in [0.1, 0.15) is 37.0 Å². The number of carbonyl (C=O) groups is 2. The van der Waals surface area contributed by atoms with E-state index in [0.717, 1.165) is 38.3 Å². The van der Waals surface area contributed by atoms with E-state index in [1.807, 2.05) is 68.6 Å². The number of thioether (sulfide) groups is 1. The quantitative estimate of drug-likeness (QED) is 0.149. The zero-order valence-corrected chi connectivity index (χ0v) is 26.5. The summed E-state index contributed by atoms with van der Waals surface area (Å²) in [6.07, 6.45) is 1.55. The van der Waals surface area contributed by atoms with Gasteiger partial charge in [-0.1, -0.05) is 48.5 Å². The Bertz CT molecular complexity index is 1610. The number of H-pyrrole nitrogens is 1. The highest BCUT2D eigenvalue weighted by molar-refractivity contribution is 7.98. The number of hydrogen-bond acceptors (Lipinski definition) is 9. The van der Waals surface area contributed by atoms with E-state index in [-0.39, 0.29) is 31.4 Å². The highest BCUT2D eigenvalue weighted by Gasteiger charge is 2.33. The van der Waals surface area contributed by atoms with Crippen LogP contribution in [0.15, 0.2) is 71.6 Å². The number of hydrogen-bond donors (Lipinski definition) is 5. The third-order valence-corrected chi connectivity index (χ3v) is 8.64. The third-order valence-electron chi connectivity index (χ3n) is 7.92. The number of aliphatic hydroxyl groups is 2. The first-order valence-electron chi connectivity index (χ1n) is 14.9. The van der Waals surface area contributed by atoms with E-state index in [0.29, 0.717) is 25.3 Å². The van der Waals surface area contributed by atoms with E-state index in [2.05, 4.69) is 49.5 Å². The number of benzene rings is 3. The summed E-state index contributed by atoms with van der Waals surface area (Å²) >= 11 is 1.63. The molecule has 11 nitrogen and oxygen atoms in total. The van der Waals surface area contributed by atoms with Crippen LogP contribution in [0.4, 0.5) is 0 Å². The molecule has 4 aromatic rings. The second kappa shape index (κ2) is 14.3. The molecule has 0 saturated carbocycles. The molecule has 0 spiro atoms. The second-order valence-corrected chi connectivity index (χ2v) is 12.8. The van der Waals surface area contributed by atoms with Crippen LogP contribution in [-0.2, 0) is 29.1 Å². The van der Waals surface area contributed by atoms with Gasteiger partial charge in [-0.15, -0.1) is 16.9 Å². The molecule has 5 N–H and O–H groups in total. The largest absolute Gasteiger partial charge is 0.394 e. The fraction of sp³-hybridized carbons (Fsp3) is 0.364. The fourth-order valence-corrected chi connectivity index (χ4v) is 6.01. The summed E-state index contributed by atoms with van der Waals surface area (Å²) in [6, 6.07) is 21.5. The number of β-amino-alcohol motifs (C(OH)–C–C–N with tert-alkyl or cyclic N) is 1. The number of carbonyl (C=O) groups excluding carboxylic acids is 2. The molecule has 0 unspecified atom stereocenters. The molecule has 45 heavy (non-hydrogen) atoms. The number of aliphatic hydroxyl groups excluding tert-OH is 2. The number of nitrogens with zero attached hydrogens (tertiary/aromatic N) is 4. The molecule has 3 aromatic carbocycles. The van der Waals surface area contributed by atoms with E-state index >= 15 is 0 Å².